The van der Waals surface area contributed by atoms with Gasteiger partial charge in [-0.1, -0.05) is 48.5 Å². The van der Waals surface area contributed by atoms with Crippen molar-refractivity contribution in [2.75, 3.05) is 34.5 Å². The Morgan fingerprint density at radius 2 is 1.50 bits per heavy atom. The molecule has 0 aliphatic carbocycles. The highest BCUT2D eigenvalue weighted by Crippen LogP contribution is 2.29. The van der Waals surface area contributed by atoms with Crippen LogP contribution >= 0.6 is 0 Å². The largest absolute Gasteiger partial charge is 0.497 e. The standard InChI is InChI=1S/C32H40N2O6/c1-23(2)40-19-9-18-33-32(36)31(26-10-7-6-8-11-26)34(22-24-12-15-27(37-3)16-13-24)30(35)21-25-14-17-28(38-4)29(20-25)39-5/h6-8,10-17,20,23,31H,9,18-19,21-22H2,1-5H3,(H,33,36)/t31-/m1/s1. The molecule has 3 aromatic rings. The van der Waals surface area contributed by atoms with Gasteiger partial charge in [-0.05, 0) is 61.2 Å². The third-order valence-electron chi connectivity index (χ3n) is 6.38. The third kappa shape index (κ3) is 8.74. The van der Waals surface area contributed by atoms with Gasteiger partial charge in [0.2, 0.25) is 11.8 Å². The molecule has 0 heterocycles. The van der Waals surface area contributed by atoms with Crippen molar-refractivity contribution in [3.63, 3.8) is 0 Å². The fourth-order valence-corrected chi connectivity index (χ4v) is 4.33. The summed E-state index contributed by atoms with van der Waals surface area (Å²) in [7, 11) is 4.73. The highest BCUT2D eigenvalue weighted by molar-refractivity contribution is 5.89. The van der Waals surface area contributed by atoms with E-state index < -0.39 is 6.04 Å². The van der Waals surface area contributed by atoms with Crippen LogP contribution in [0.2, 0.25) is 0 Å². The van der Waals surface area contributed by atoms with Crippen molar-refractivity contribution in [2.45, 2.75) is 45.4 Å². The van der Waals surface area contributed by atoms with Crippen LogP contribution in [0.4, 0.5) is 0 Å². The van der Waals surface area contributed by atoms with E-state index in [0.29, 0.717) is 36.8 Å². The van der Waals surface area contributed by atoms with Gasteiger partial charge in [-0.15, -0.1) is 0 Å². The summed E-state index contributed by atoms with van der Waals surface area (Å²) in [5, 5.41) is 3.02. The maximum absolute atomic E-state index is 14.0. The molecule has 1 N–H and O–H groups in total. The Labute approximate surface area is 237 Å². The van der Waals surface area contributed by atoms with Crippen molar-refractivity contribution >= 4 is 11.8 Å². The van der Waals surface area contributed by atoms with E-state index in [2.05, 4.69) is 5.32 Å². The zero-order chi connectivity index (χ0) is 28.9. The Balaban J connectivity index is 1.93. The summed E-state index contributed by atoms with van der Waals surface area (Å²) in [6.45, 7) is 5.17. The Morgan fingerprint density at radius 1 is 0.825 bits per heavy atom. The van der Waals surface area contributed by atoms with Crippen molar-refractivity contribution in [1.82, 2.24) is 10.2 Å². The van der Waals surface area contributed by atoms with Crippen LogP contribution in [0.25, 0.3) is 0 Å². The lowest BCUT2D eigenvalue weighted by Gasteiger charge is -2.32. The first kappa shape index (κ1) is 30.5. The summed E-state index contributed by atoms with van der Waals surface area (Å²) < 4.78 is 21.7. The molecule has 0 aromatic heterocycles. The highest BCUT2D eigenvalue weighted by atomic mass is 16.5. The summed E-state index contributed by atoms with van der Waals surface area (Å²) in [6, 6.07) is 21.4. The highest BCUT2D eigenvalue weighted by Gasteiger charge is 2.31. The predicted octanol–water partition coefficient (Wildman–Crippen LogP) is 4.96. The molecule has 0 spiro atoms. The molecule has 0 radical (unpaired) electrons. The van der Waals surface area contributed by atoms with Crippen LogP contribution in [0.1, 0.15) is 43.0 Å². The number of hydrogen-bond acceptors (Lipinski definition) is 6. The molecule has 40 heavy (non-hydrogen) atoms. The van der Waals surface area contributed by atoms with E-state index in [-0.39, 0.29) is 30.9 Å². The van der Waals surface area contributed by atoms with Crippen LogP contribution < -0.4 is 19.5 Å². The molecule has 0 saturated heterocycles. The number of nitrogens with zero attached hydrogens (tertiary/aromatic N) is 1. The molecule has 0 aliphatic rings. The first-order valence-electron chi connectivity index (χ1n) is 13.4. The molecule has 214 valence electrons. The molecule has 0 unspecified atom stereocenters. The van der Waals surface area contributed by atoms with Gasteiger partial charge in [0.05, 0.1) is 33.9 Å². The monoisotopic (exact) mass is 548 g/mol. The average Bonchev–Trinajstić information content (AvgIpc) is 2.97. The molecular formula is C32H40N2O6. The van der Waals surface area contributed by atoms with Gasteiger partial charge in [0, 0.05) is 19.7 Å². The van der Waals surface area contributed by atoms with Gasteiger partial charge in [-0.3, -0.25) is 9.59 Å². The van der Waals surface area contributed by atoms with Gasteiger partial charge in [-0.25, -0.2) is 0 Å². The fraction of sp³-hybridized carbons (Fsp3) is 0.375. The van der Waals surface area contributed by atoms with Gasteiger partial charge in [-0.2, -0.15) is 0 Å². The van der Waals surface area contributed by atoms with Gasteiger partial charge in [0.15, 0.2) is 11.5 Å². The minimum Gasteiger partial charge on any atom is -0.497 e. The molecule has 3 rings (SSSR count). The molecule has 1 atom stereocenters. The second-order valence-corrected chi connectivity index (χ2v) is 9.61. The van der Waals surface area contributed by atoms with Crippen molar-refractivity contribution in [3.8, 4) is 17.2 Å². The van der Waals surface area contributed by atoms with Crippen molar-refractivity contribution in [2.24, 2.45) is 0 Å². The second kappa shape index (κ2) is 15.5. The van der Waals surface area contributed by atoms with Crippen molar-refractivity contribution in [1.29, 1.82) is 0 Å². The zero-order valence-corrected chi connectivity index (χ0v) is 24.0. The molecule has 2 amide bonds. The Hall–Kier alpha value is -4.04. The number of benzene rings is 3. The van der Waals surface area contributed by atoms with E-state index in [0.717, 1.165) is 16.7 Å². The molecule has 8 nitrogen and oxygen atoms in total. The molecule has 0 fully saturated rings. The van der Waals surface area contributed by atoms with Crippen LogP contribution in [-0.4, -0.2) is 57.3 Å². The smallest absolute Gasteiger partial charge is 0.247 e. The predicted molar refractivity (Wildman–Crippen MR) is 155 cm³/mol. The lowest BCUT2D eigenvalue weighted by atomic mass is 10.0. The van der Waals surface area contributed by atoms with E-state index in [9.17, 15) is 9.59 Å². The Kier molecular flexibility index (Phi) is 11.8. The van der Waals surface area contributed by atoms with Crippen LogP contribution in [0, 0.1) is 0 Å². The minimum absolute atomic E-state index is 0.0787. The summed E-state index contributed by atoms with van der Waals surface area (Å²) in [6.07, 6.45) is 0.876. The molecule has 0 aliphatic heterocycles. The van der Waals surface area contributed by atoms with E-state index in [1.165, 1.54) is 0 Å². The number of hydrogen-bond donors (Lipinski definition) is 1. The van der Waals surface area contributed by atoms with E-state index >= 15 is 0 Å². The Bertz CT molecular complexity index is 1210. The van der Waals surface area contributed by atoms with Gasteiger partial charge in [0.1, 0.15) is 11.8 Å². The number of rotatable bonds is 15. The molecule has 3 aromatic carbocycles. The lowest BCUT2D eigenvalue weighted by Crippen LogP contribution is -2.44. The van der Waals surface area contributed by atoms with Crippen LogP contribution in [0.3, 0.4) is 0 Å². The fourth-order valence-electron chi connectivity index (χ4n) is 4.33. The third-order valence-corrected chi connectivity index (χ3v) is 6.38. The average molecular weight is 549 g/mol. The zero-order valence-electron chi connectivity index (χ0n) is 24.0. The van der Waals surface area contributed by atoms with Crippen LogP contribution in [0.5, 0.6) is 17.2 Å². The number of carbonyl (C=O) groups is 2. The second-order valence-electron chi connectivity index (χ2n) is 9.61. The van der Waals surface area contributed by atoms with Gasteiger partial charge >= 0.3 is 0 Å². The minimum atomic E-state index is -0.832. The number of nitrogens with one attached hydrogen (secondary N) is 1. The normalized spacial score (nSPS) is 11.6. The summed E-state index contributed by atoms with van der Waals surface area (Å²) >= 11 is 0. The number of ether oxygens (including phenoxy) is 4. The molecule has 8 heteroatoms. The lowest BCUT2D eigenvalue weighted by molar-refractivity contribution is -0.141. The van der Waals surface area contributed by atoms with E-state index in [1.54, 1.807) is 38.4 Å². The van der Waals surface area contributed by atoms with E-state index in [4.69, 9.17) is 18.9 Å². The van der Waals surface area contributed by atoms with Gasteiger partial charge in [0.25, 0.3) is 0 Å². The number of carbonyl (C=O) groups excluding carboxylic acids is 2. The first-order chi connectivity index (χ1) is 19.4. The van der Waals surface area contributed by atoms with Crippen molar-refractivity contribution in [3.05, 3.63) is 89.5 Å². The van der Waals surface area contributed by atoms with Crippen LogP contribution in [-0.2, 0) is 27.3 Å². The van der Waals surface area contributed by atoms with Gasteiger partial charge < -0.3 is 29.2 Å². The summed E-state index contributed by atoms with van der Waals surface area (Å²) in [5.74, 6) is 1.39. The first-order valence-corrected chi connectivity index (χ1v) is 13.4. The maximum atomic E-state index is 14.0. The molecule has 0 bridgehead atoms. The number of methoxy groups -OCH3 is 3. The van der Waals surface area contributed by atoms with E-state index in [1.807, 2.05) is 74.5 Å². The molecular weight excluding hydrogens is 508 g/mol. The summed E-state index contributed by atoms with van der Waals surface area (Å²) in [5.41, 5.74) is 2.36. The number of amides is 2. The summed E-state index contributed by atoms with van der Waals surface area (Å²) in [4.78, 5) is 29.3. The molecule has 0 saturated carbocycles. The SMILES string of the molecule is COc1ccc(CN(C(=O)Cc2ccc(OC)c(OC)c2)[C@@H](C(=O)NCCCOC(C)C)c2ccccc2)cc1. The van der Waals surface area contributed by atoms with Crippen LogP contribution in [0.15, 0.2) is 72.8 Å². The topological polar surface area (TPSA) is 86.3 Å². The maximum Gasteiger partial charge on any atom is 0.247 e. The Morgan fingerprint density at radius 3 is 2.12 bits per heavy atom. The van der Waals surface area contributed by atoms with Crippen molar-refractivity contribution < 1.29 is 28.5 Å². The quantitative estimate of drug-likeness (QED) is 0.270.